The van der Waals surface area contributed by atoms with Crippen molar-refractivity contribution in [3.63, 3.8) is 0 Å². The molecule has 298 valence electrons. The summed E-state index contributed by atoms with van der Waals surface area (Å²) >= 11 is 11.7. The summed E-state index contributed by atoms with van der Waals surface area (Å²) in [5.41, 5.74) is 0.0386. The van der Waals surface area contributed by atoms with Gasteiger partial charge in [-0.1, -0.05) is 23.7 Å². The number of carboxylic acids is 3. The first-order valence-electron chi connectivity index (χ1n) is 16.5. The minimum atomic E-state index is -1.22. The number of pyridine rings is 4. The molecular formula is C36H28Br2ClN9O10. The predicted molar refractivity (Wildman–Crippen MR) is 210 cm³/mol. The van der Waals surface area contributed by atoms with Gasteiger partial charge < -0.3 is 24.8 Å². The number of ether oxygens (including phenoxy) is 2. The maximum Gasteiger partial charge on any atom is 0.357 e. The summed E-state index contributed by atoms with van der Waals surface area (Å²) in [5, 5.41) is 33.6. The molecule has 0 bridgehead atoms. The van der Waals surface area contributed by atoms with E-state index in [0.29, 0.717) is 14.6 Å². The zero-order valence-electron chi connectivity index (χ0n) is 32.6. The van der Waals surface area contributed by atoms with E-state index in [9.17, 15) is 24.0 Å². The topological polar surface area (TPSA) is 291 Å². The third-order valence-electron chi connectivity index (χ3n) is 5.37. The van der Waals surface area contributed by atoms with E-state index in [1.807, 2.05) is 0 Å². The molecule has 0 aliphatic rings. The van der Waals surface area contributed by atoms with Crippen LogP contribution in [-0.2, 0) is 9.47 Å². The Morgan fingerprint density at radius 2 is 1.10 bits per heavy atom. The third kappa shape index (κ3) is 19.4. The van der Waals surface area contributed by atoms with E-state index in [1.165, 1.54) is 82.0 Å². The summed E-state index contributed by atoms with van der Waals surface area (Å²) in [6, 6.07) is 14.6. The van der Waals surface area contributed by atoms with Crippen molar-refractivity contribution >= 4 is 73.3 Å². The van der Waals surface area contributed by atoms with Crippen molar-refractivity contribution in [3.05, 3.63) is 165 Å². The Morgan fingerprint density at radius 1 is 0.621 bits per heavy atom. The largest absolute Gasteiger partial charge is 0.477 e. The third-order valence-corrected chi connectivity index (χ3v) is 6.93. The van der Waals surface area contributed by atoms with Gasteiger partial charge >= 0.3 is 29.8 Å². The van der Waals surface area contributed by atoms with Gasteiger partial charge in [0.05, 0.1) is 33.5 Å². The van der Waals surface area contributed by atoms with Crippen LogP contribution in [0.2, 0.25) is 5.15 Å². The summed E-state index contributed by atoms with van der Waals surface area (Å²) in [4.78, 5) is 81.3. The molecule has 3 N–H and O–H groups in total. The second-order valence-electron chi connectivity index (χ2n) is 9.15. The van der Waals surface area contributed by atoms with E-state index in [2.05, 4.69) is 81.2 Å². The maximum atomic E-state index is 10.9. The van der Waals surface area contributed by atoms with Crippen LogP contribution in [-0.4, -0.2) is 99.3 Å². The van der Waals surface area contributed by atoms with E-state index in [0.717, 1.165) is 0 Å². The molecule has 58 heavy (non-hydrogen) atoms. The molecule has 0 fully saturated rings. The Kier molecular flexibility index (Phi) is 21.3. The van der Waals surface area contributed by atoms with Gasteiger partial charge in [-0.05, 0) is 80.3 Å². The van der Waals surface area contributed by atoms with Gasteiger partial charge in [-0.25, -0.2) is 58.9 Å². The Labute approximate surface area is 354 Å². The number of aromatic carboxylic acids is 3. The summed E-state index contributed by atoms with van der Waals surface area (Å²) in [7, 11) is 2.58. The normalized spacial score (nSPS) is 9.69. The molecule has 0 saturated carbocycles. The number of carboxylic acid groups (broad SMARTS) is 3. The number of nitrogens with zero attached hydrogens (tertiary/aromatic N) is 9. The van der Waals surface area contributed by atoms with Crippen molar-refractivity contribution in [2.24, 2.45) is 0 Å². The molecule has 0 radical (unpaired) electrons. The van der Waals surface area contributed by atoms with E-state index in [4.69, 9.17) is 36.3 Å². The van der Waals surface area contributed by atoms with Gasteiger partial charge in [0.15, 0.2) is 27.9 Å². The average molecular weight is 945 g/mol. The number of esters is 2. The monoisotopic (exact) mass is 942 g/mol. The number of aromatic nitrogens is 8. The van der Waals surface area contributed by atoms with E-state index in [1.54, 1.807) is 36.4 Å². The first-order valence-corrected chi connectivity index (χ1v) is 17.0. The quantitative estimate of drug-likeness (QED) is 0.167. The van der Waals surface area contributed by atoms with E-state index >= 15 is 0 Å². The van der Waals surface area contributed by atoms with Crippen LogP contribution in [0.25, 0.3) is 0 Å². The summed E-state index contributed by atoms with van der Waals surface area (Å²) in [5.74, 6) is -4.41. The minimum Gasteiger partial charge on any atom is -0.477 e. The van der Waals surface area contributed by atoms with Crippen LogP contribution in [0.1, 0.15) is 62.2 Å². The zero-order chi connectivity index (χ0) is 45.9. The SMILES string of the molecule is COC(=O)c1ncccc1Br.N#Cc1nccnc1Cl.O=C(O)c1ncccc1Br.[2H]c1cccnc1C(=O)O.[2H]c1cccnc1C(=O)OC.[2H]c1nccnc1C(=O)O. The Hall–Kier alpha value is -7.15. The Balaban J connectivity index is 0.000000366. The minimum absolute atomic E-state index is 0.0440. The van der Waals surface area contributed by atoms with Crippen molar-refractivity contribution in [1.29, 1.82) is 5.26 Å². The van der Waals surface area contributed by atoms with Crippen LogP contribution in [0.15, 0.2) is 125 Å². The molecule has 0 aliphatic carbocycles. The van der Waals surface area contributed by atoms with Crippen LogP contribution >= 0.6 is 43.5 Å². The van der Waals surface area contributed by atoms with E-state index < -0.39 is 29.8 Å². The summed E-state index contributed by atoms with van der Waals surface area (Å²) < 4.78 is 31.3. The number of carbonyl (C=O) groups is 5. The lowest BCUT2D eigenvalue weighted by Gasteiger charge is -1.98. The molecule has 22 heteroatoms. The van der Waals surface area contributed by atoms with Gasteiger partial charge in [0, 0.05) is 49.6 Å². The van der Waals surface area contributed by atoms with Crippen LogP contribution in [0.4, 0.5) is 0 Å². The molecule has 19 nitrogen and oxygen atoms in total. The smallest absolute Gasteiger partial charge is 0.357 e. The first-order chi connectivity index (χ1) is 29.0. The molecule has 0 atom stereocenters. The number of hydrogen-bond acceptors (Lipinski definition) is 16. The maximum absolute atomic E-state index is 10.9. The van der Waals surface area contributed by atoms with Crippen LogP contribution in [0.5, 0.6) is 0 Å². The van der Waals surface area contributed by atoms with Crippen LogP contribution < -0.4 is 0 Å². The second-order valence-corrected chi connectivity index (χ2v) is 11.2. The van der Waals surface area contributed by atoms with E-state index in [-0.39, 0.29) is 51.9 Å². The van der Waals surface area contributed by atoms with Crippen LogP contribution in [0, 0.1) is 11.3 Å². The van der Waals surface area contributed by atoms with Crippen molar-refractivity contribution in [2.45, 2.75) is 0 Å². The van der Waals surface area contributed by atoms with Crippen molar-refractivity contribution in [2.75, 3.05) is 14.2 Å². The number of methoxy groups -OCH3 is 2. The highest BCUT2D eigenvalue weighted by molar-refractivity contribution is 9.10. The fourth-order valence-corrected chi connectivity index (χ4v) is 3.91. The summed E-state index contributed by atoms with van der Waals surface area (Å²) in [6.07, 6.45) is 10.8. The fourth-order valence-electron chi connectivity index (χ4n) is 2.92. The van der Waals surface area contributed by atoms with Gasteiger partial charge in [-0.2, -0.15) is 5.26 Å². The highest BCUT2D eigenvalue weighted by atomic mass is 79.9. The van der Waals surface area contributed by atoms with Crippen molar-refractivity contribution in [3.8, 4) is 6.07 Å². The zero-order valence-corrected chi connectivity index (χ0v) is 33.5. The highest BCUT2D eigenvalue weighted by Gasteiger charge is 2.10. The van der Waals surface area contributed by atoms with Crippen molar-refractivity contribution < 1.29 is 52.9 Å². The van der Waals surface area contributed by atoms with Crippen LogP contribution in [0.3, 0.4) is 0 Å². The summed E-state index contributed by atoms with van der Waals surface area (Å²) in [6.45, 7) is 0. The number of rotatable bonds is 5. The molecule has 0 aliphatic heterocycles. The molecule has 6 aromatic heterocycles. The standard InChI is InChI=1S/C7H6BrNO2.C7H7NO2.C6H4BrNO2.C6H5NO2.C5H2ClN3.C5H4N2O2/c1-11-7(10)6-5(8)3-2-4-9-6;1-10-7(9)6-4-2-3-5-8-6;7-4-2-1-3-8-5(4)6(9)10;8-6(9)5-3-1-2-4-7-5;6-5-4(3-7)8-1-2-9-5;8-5(9)4-3-6-1-2-7-4/h2-4H,1H3;2-5H,1H3;1-3H,(H,9,10);1-4H,(H,8,9);1-2H;1-3H,(H,8,9)/i;4D;;3D;;3D. The molecule has 6 aromatic rings. The number of hydrogen-bond donors (Lipinski definition) is 3. The lowest BCUT2D eigenvalue weighted by atomic mass is 10.4. The highest BCUT2D eigenvalue weighted by Crippen LogP contribution is 2.14. The van der Waals surface area contributed by atoms with Gasteiger partial charge in [0.1, 0.15) is 17.5 Å². The molecule has 0 spiro atoms. The lowest BCUT2D eigenvalue weighted by molar-refractivity contribution is 0.0584. The van der Waals surface area contributed by atoms with Gasteiger partial charge in [-0.15, -0.1) is 0 Å². The van der Waals surface area contributed by atoms with Crippen molar-refractivity contribution in [1.82, 2.24) is 39.9 Å². The lowest BCUT2D eigenvalue weighted by Crippen LogP contribution is -2.04. The molecule has 0 aromatic carbocycles. The Bertz CT molecular complexity index is 2280. The fraction of sp³-hybridized carbons (Fsp3) is 0.0556. The number of nitriles is 1. The molecule has 6 rings (SSSR count). The number of carbonyl (C=O) groups excluding carboxylic acids is 2. The number of halogens is 3. The van der Waals surface area contributed by atoms with Gasteiger partial charge in [0.2, 0.25) is 0 Å². The molecule has 6 heterocycles. The molecule has 0 saturated heterocycles. The molecule has 0 amide bonds. The Morgan fingerprint density at radius 3 is 1.48 bits per heavy atom. The van der Waals surface area contributed by atoms with Gasteiger partial charge in [0.25, 0.3) is 0 Å². The predicted octanol–water partition coefficient (Wildman–Crippen LogP) is 6.00. The first kappa shape index (κ1) is 43.6. The average Bonchev–Trinajstić information content (AvgIpc) is 3.25. The second kappa shape index (κ2) is 28.3. The molecule has 0 unspecified atom stereocenters. The van der Waals surface area contributed by atoms with Gasteiger partial charge in [-0.3, -0.25) is 4.98 Å². The molecular weight excluding hydrogens is 914 g/mol.